The predicted molar refractivity (Wildman–Crippen MR) is 68.3 cm³/mol. The molecule has 0 aliphatic heterocycles. The van der Waals surface area contributed by atoms with Gasteiger partial charge in [-0.15, -0.1) is 11.3 Å². The molecule has 0 unspecified atom stereocenters. The van der Waals surface area contributed by atoms with Gasteiger partial charge in [-0.25, -0.2) is 4.98 Å². The smallest absolute Gasteiger partial charge is 0.106 e. The van der Waals surface area contributed by atoms with E-state index in [1.165, 1.54) is 38.5 Å². The van der Waals surface area contributed by atoms with Crippen LogP contribution in [0.4, 0.5) is 0 Å². The maximum Gasteiger partial charge on any atom is 0.106 e. The Balaban J connectivity index is 1.77. The molecule has 2 rings (SSSR count). The molecular weight excluding hydrogens is 218 g/mol. The first-order valence-corrected chi connectivity index (χ1v) is 7.13. The van der Waals surface area contributed by atoms with E-state index in [1.807, 2.05) is 0 Å². The number of nitrogens with one attached hydrogen (secondary N) is 1. The second kappa shape index (κ2) is 6.33. The molecule has 90 valence electrons. The second-order valence-electron chi connectivity index (χ2n) is 4.51. The summed E-state index contributed by atoms with van der Waals surface area (Å²) < 4.78 is 0. The summed E-state index contributed by atoms with van der Waals surface area (Å²) in [6.07, 6.45) is 8.23. The lowest BCUT2D eigenvalue weighted by Gasteiger charge is -2.14. The summed E-state index contributed by atoms with van der Waals surface area (Å²) in [6, 6.07) is 0.700. The van der Waals surface area contributed by atoms with Crippen LogP contribution in [0.25, 0.3) is 0 Å². The second-order valence-corrected chi connectivity index (χ2v) is 5.45. The number of nitrogens with two attached hydrogens (primary N) is 1. The number of hydrogen-bond donors (Lipinski definition) is 2. The Hall–Kier alpha value is -0.450. The van der Waals surface area contributed by atoms with Crippen molar-refractivity contribution in [1.82, 2.24) is 10.3 Å². The van der Waals surface area contributed by atoms with Crippen molar-refractivity contribution in [3.63, 3.8) is 0 Å². The molecule has 0 bridgehead atoms. The fourth-order valence-corrected chi connectivity index (χ4v) is 2.93. The Morgan fingerprint density at radius 1 is 1.31 bits per heavy atom. The van der Waals surface area contributed by atoms with Crippen LogP contribution < -0.4 is 11.1 Å². The van der Waals surface area contributed by atoms with Crippen molar-refractivity contribution >= 4 is 11.3 Å². The van der Waals surface area contributed by atoms with Gasteiger partial charge in [-0.2, -0.15) is 0 Å². The lowest BCUT2D eigenvalue weighted by molar-refractivity contribution is 0.456. The minimum atomic E-state index is 0.564. The van der Waals surface area contributed by atoms with Crippen LogP contribution in [0.3, 0.4) is 0 Å². The first kappa shape index (κ1) is 12.0. The quantitative estimate of drug-likeness (QED) is 0.793. The molecular formula is C12H21N3S. The Labute approximate surface area is 101 Å². The van der Waals surface area contributed by atoms with E-state index in [4.69, 9.17) is 5.73 Å². The summed E-state index contributed by atoms with van der Waals surface area (Å²) in [5.74, 6) is 0. The molecule has 4 heteroatoms. The van der Waals surface area contributed by atoms with Crippen LogP contribution >= 0.6 is 11.3 Å². The van der Waals surface area contributed by atoms with Gasteiger partial charge in [0.15, 0.2) is 0 Å². The van der Waals surface area contributed by atoms with Crippen molar-refractivity contribution < 1.29 is 0 Å². The largest absolute Gasteiger partial charge is 0.325 e. The summed E-state index contributed by atoms with van der Waals surface area (Å²) in [7, 11) is 0. The van der Waals surface area contributed by atoms with Crippen LogP contribution in [0.5, 0.6) is 0 Å². The molecule has 0 radical (unpaired) electrons. The highest BCUT2D eigenvalue weighted by Gasteiger charge is 2.11. The summed E-state index contributed by atoms with van der Waals surface area (Å²) in [6.45, 7) is 1.47. The molecule has 1 saturated carbocycles. The molecule has 0 aromatic carbocycles. The van der Waals surface area contributed by atoms with Crippen LogP contribution in [0.1, 0.15) is 49.2 Å². The first-order chi connectivity index (χ1) is 7.88. The fourth-order valence-electron chi connectivity index (χ4n) is 2.26. The maximum absolute atomic E-state index is 5.55. The molecule has 3 nitrogen and oxygen atoms in total. The number of hydrogen-bond acceptors (Lipinski definition) is 4. The minimum Gasteiger partial charge on any atom is -0.325 e. The van der Waals surface area contributed by atoms with E-state index in [9.17, 15) is 0 Å². The third-order valence-corrected chi connectivity index (χ3v) is 4.12. The fraction of sp³-hybridized carbons (Fsp3) is 0.750. The standard InChI is InChI=1S/C12H21N3S/c13-7-12-15-11(9-16-12)8-14-10-5-3-1-2-4-6-10/h9-10,14H,1-8,13H2. The average Bonchev–Trinajstić information content (AvgIpc) is 2.61. The number of aromatic nitrogens is 1. The van der Waals surface area contributed by atoms with Gasteiger partial charge in [0.25, 0.3) is 0 Å². The molecule has 0 spiro atoms. The van der Waals surface area contributed by atoms with Gasteiger partial charge >= 0.3 is 0 Å². The summed E-state index contributed by atoms with van der Waals surface area (Å²) >= 11 is 1.66. The topological polar surface area (TPSA) is 50.9 Å². The third-order valence-electron chi connectivity index (χ3n) is 3.20. The zero-order valence-electron chi connectivity index (χ0n) is 9.74. The van der Waals surface area contributed by atoms with E-state index in [0.29, 0.717) is 12.6 Å². The molecule has 0 saturated heterocycles. The number of thiazole rings is 1. The van der Waals surface area contributed by atoms with Gasteiger partial charge in [-0.1, -0.05) is 25.7 Å². The Morgan fingerprint density at radius 3 is 2.69 bits per heavy atom. The molecule has 1 aliphatic carbocycles. The molecule has 1 aromatic rings. The lowest BCUT2D eigenvalue weighted by atomic mass is 10.1. The zero-order chi connectivity index (χ0) is 11.2. The Bertz CT molecular complexity index is 303. The van der Waals surface area contributed by atoms with E-state index >= 15 is 0 Å². The Morgan fingerprint density at radius 2 is 2.06 bits per heavy atom. The van der Waals surface area contributed by atoms with Crippen molar-refractivity contribution in [1.29, 1.82) is 0 Å². The van der Waals surface area contributed by atoms with Gasteiger partial charge in [0.2, 0.25) is 0 Å². The highest BCUT2D eigenvalue weighted by Crippen LogP contribution is 2.17. The van der Waals surface area contributed by atoms with Gasteiger partial charge in [0.1, 0.15) is 5.01 Å². The van der Waals surface area contributed by atoms with E-state index in [1.54, 1.807) is 11.3 Å². The van der Waals surface area contributed by atoms with Crippen molar-refractivity contribution in [2.24, 2.45) is 5.73 Å². The molecule has 0 atom stereocenters. The van der Waals surface area contributed by atoms with E-state index in [2.05, 4.69) is 15.7 Å². The van der Waals surface area contributed by atoms with Gasteiger partial charge in [0, 0.05) is 24.5 Å². The lowest BCUT2D eigenvalue weighted by Crippen LogP contribution is -2.28. The van der Waals surface area contributed by atoms with Gasteiger partial charge in [-0.05, 0) is 12.8 Å². The third kappa shape index (κ3) is 3.54. The molecule has 0 amide bonds. The van der Waals surface area contributed by atoms with Crippen molar-refractivity contribution in [3.8, 4) is 0 Å². The Kier molecular flexibility index (Phi) is 4.75. The van der Waals surface area contributed by atoms with Crippen molar-refractivity contribution in [3.05, 3.63) is 16.1 Å². The summed E-state index contributed by atoms with van der Waals surface area (Å²) in [4.78, 5) is 4.47. The predicted octanol–water partition coefficient (Wildman–Crippen LogP) is 2.41. The van der Waals surface area contributed by atoms with Crippen LogP contribution in [-0.2, 0) is 13.1 Å². The average molecular weight is 239 g/mol. The van der Waals surface area contributed by atoms with E-state index < -0.39 is 0 Å². The monoisotopic (exact) mass is 239 g/mol. The highest BCUT2D eigenvalue weighted by atomic mass is 32.1. The first-order valence-electron chi connectivity index (χ1n) is 6.25. The summed E-state index contributed by atoms with van der Waals surface area (Å²) in [5, 5.41) is 6.78. The van der Waals surface area contributed by atoms with Crippen LogP contribution in [-0.4, -0.2) is 11.0 Å². The SMILES string of the molecule is NCc1nc(CNC2CCCCCC2)cs1. The van der Waals surface area contributed by atoms with Gasteiger partial charge in [-0.3, -0.25) is 0 Å². The molecule has 1 aromatic heterocycles. The van der Waals surface area contributed by atoms with Gasteiger partial charge < -0.3 is 11.1 Å². The van der Waals surface area contributed by atoms with Crippen LogP contribution in [0.2, 0.25) is 0 Å². The normalized spacial score (nSPS) is 18.6. The number of nitrogens with zero attached hydrogens (tertiary/aromatic N) is 1. The van der Waals surface area contributed by atoms with E-state index in [0.717, 1.165) is 17.2 Å². The summed E-state index contributed by atoms with van der Waals surface area (Å²) in [5.41, 5.74) is 6.70. The molecule has 1 heterocycles. The number of rotatable bonds is 4. The zero-order valence-corrected chi connectivity index (χ0v) is 10.6. The van der Waals surface area contributed by atoms with Crippen molar-refractivity contribution in [2.45, 2.75) is 57.7 Å². The molecule has 1 aliphatic rings. The van der Waals surface area contributed by atoms with Crippen molar-refractivity contribution in [2.75, 3.05) is 0 Å². The molecule has 1 fully saturated rings. The van der Waals surface area contributed by atoms with Crippen LogP contribution in [0, 0.1) is 0 Å². The molecule has 3 N–H and O–H groups in total. The van der Waals surface area contributed by atoms with Gasteiger partial charge in [0.05, 0.1) is 5.69 Å². The minimum absolute atomic E-state index is 0.564. The highest BCUT2D eigenvalue weighted by molar-refractivity contribution is 7.09. The maximum atomic E-state index is 5.55. The van der Waals surface area contributed by atoms with E-state index in [-0.39, 0.29) is 0 Å². The molecule has 16 heavy (non-hydrogen) atoms. The van der Waals surface area contributed by atoms with Crippen LogP contribution in [0.15, 0.2) is 5.38 Å².